The quantitative estimate of drug-likeness (QED) is 0.856. The van der Waals surface area contributed by atoms with Crippen molar-refractivity contribution in [3.63, 3.8) is 0 Å². The lowest BCUT2D eigenvalue weighted by Crippen LogP contribution is -2.52. The molecule has 26 heavy (non-hydrogen) atoms. The van der Waals surface area contributed by atoms with E-state index in [1.54, 1.807) is 0 Å². The lowest BCUT2D eigenvalue weighted by molar-refractivity contribution is -0.274. The number of amides is 1. The van der Waals surface area contributed by atoms with Crippen LogP contribution in [0.25, 0.3) is 0 Å². The second kappa shape index (κ2) is 6.73. The minimum atomic E-state index is -4.89. The summed E-state index contributed by atoms with van der Waals surface area (Å²) in [6.45, 7) is 0.939. The lowest BCUT2D eigenvalue weighted by atomic mass is 9.73. The molecular weight excluding hydrogens is 373 g/mol. The second-order valence-corrected chi connectivity index (χ2v) is 8.50. The Kier molecular flexibility index (Phi) is 4.91. The van der Waals surface area contributed by atoms with Gasteiger partial charge >= 0.3 is 6.36 Å². The summed E-state index contributed by atoms with van der Waals surface area (Å²) in [4.78, 5) is 11.9. The Hall–Kier alpha value is -1.81. The predicted molar refractivity (Wildman–Crippen MR) is 85.8 cm³/mol. The average molecular weight is 392 g/mol. The van der Waals surface area contributed by atoms with Crippen molar-refractivity contribution in [3.8, 4) is 5.75 Å². The van der Waals surface area contributed by atoms with E-state index in [0.717, 1.165) is 25.0 Å². The number of hydrogen-bond donors (Lipinski definition) is 1. The van der Waals surface area contributed by atoms with E-state index in [0.29, 0.717) is 19.4 Å². The molecule has 0 aliphatic carbocycles. The van der Waals surface area contributed by atoms with Crippen LogP contribution < -0.4 is 10.1 Å². The van der Waals surface area contributed by atoms with Gasteiger partial charge in [0.1, 0.15) is 5.75 Å². The molecule has 2 saturated heterocycles. The zero-order valence-electron chi connectivity index (χ0n) is 13.9. The average Bonchev–Trinajstić information content (AvgIpc) is 2.57. The lowest BCUT2D eigenvalue weighted by Gasteiger charge is -2.42. The van der Waals surface area contributed by atoms with Gasteiger partial charge in [0.2, 0.25) is 15.9 Å². The van der Waals surface area contributed by atoms with E-state index in [1.807, 2.05) is 0 Å². The van der Waals surface area contributed by atoms with Crippen molar-refractivity contribution in [2.45, 2.75) is 36.9 Å². The van der Waals surface area contributed by atoms with E-state index >= 15 is 0 Å². The number of rotatable bonds is 3. The highest BCUT2D eigenvalue weighted by Crippen LogP contribution is 2.39. The molecule has 2 fully saturated rings. The third-order valence-corrected chi connectivity index (χ3v) is 6.85. The van der Waals surface area contributed by atoms with Gasteiger partial charge in [0.05, 0.1) is 10.3 Å². The number of halogens is 3. The number of alkyl halides is 3. The zero-order valence-corrected chi connectivity index (χ0v) is 14.7. The number of nitrogens with zero attached hydrogens (tertiary/aromatic N) is 1. The number of piperidine rings is 2. The van der Waals surface area contributed by atoms with Crippen LogP contribution in [-0.2, 0) is 14.8 Å². The maximum absolute atomic E-state index is 12.7. The summed E-state index contributed by atoms with van der Waals surface area (Å²) in [6, 6.07) is 4.34. The van der Waals surface area contributed by atoms with E-state index in [2.05, 4.69) is 10.1 Å². The summed E-state index contributed by atoms with van der Waals surface area (Å²) in [5.74, 6) is -0.625. The van der Waals surface area contributed by atoms with Gasteiger partial charge in [-0.3, -0.25) is 4.79 Å². The molecule has 0 aromatic heterocycles. The number of nitrogens with one attached hydrogen (secondary N) is 1. The summed E-state index contributed by atoms with van der Waals surface area (Å²) >= 11 is 0. The highest BCUT2D eigenvalue weighted by atomic mass is 32.2. The maximum atomic E-state index is 12.7. The van der Waals surface area contributed by atoms with E-state index in [-0.39, 0.29) is 23.9 Å². The first kappa shape index (κ1) is 19.0. The molecule has 1 amide bonds. The van der Waals surface area contributed by atoms with Gasteiger partial charge in [0.15, 0.2) is 0 Å². The number of carbonyl (C=O) groups excluding carboxylic acids is 1. The topological polar surface area (TPSA) is 75.7 Å². The third-order valence-electron chi connectivity index (χ3n) is 4.96. The molecular formula is C16H19F3N2O4S. The fourth-order valence-corrected chi connectivity index (χ4v) is 5.02. The molecule has 6 nitrogen and oxygen atoms in total. The van der Waals surface area contributed by atoms with E-state index in [4.69, 9.17) is 0 Å². The van der Waals surface area contributed by atoms with Crippen LogP contribution in [0, 0.1) is 5.41 Å². The van der Waals surface area contributed by atoms with Crippen LogP contribution in [0.5, 0.6) is 5.75 Å². The molecule has 0 radical (unpaired) electrons. The van der Waals surface area contributed by atoms with E-state index in [1.165, 1.54) is 16.4 Å². The number of benzene rings is 1. The van der Waals surface area contributed by atoms with Gasteiger partial charge in [-0.1, -0.05) is 6.07 Å². The number of carbonyl (C=O) groups is 1. The van der Waals surface area contributed by atoms with Crippen LogP contribution in [0.15, 0.2) is 29.2 Å². The Labute approximate surface area is 149 Å². The summed E-state index contributed by atoms with van der Waals surface area (Å²) < 4.78 is 67.5. The smallest absolute Gasteiger partial charge is 0.406 e. The molecule has 144 valence electrons. The standard InChI is InChI=1S/C16H19F3N2O4S/c17-16(18,19)25-12-3-1-4-13(11-12)26(23,24)21-9-6-15(7-10-21)5-2-8-20-14(15)22/h1,3-4,11H,2,5-10H2,(H,20,22). The van der Waals surface area contributed by atoms with Gasteiger partial charge in [-0.15, -0.1) is 13.2 Å². The Bertz CT molecular complexity index is 787. The fraction of sp³-hybridized carbons (Fsp3) is 0.562. The number of ether oxygens (including phenoxy) is 1. The molecule has 0 unspecified atom stereocenters. The van der Waals surface area contributed by atoms with Crippen LogP contribution in [0.2, 0.25) is 0 Å². The van der Waals surface area contributed by atoms with Gasteiger partial charge in [-0.2, -0.15) is 4.31 Å². The molecule has 2 aliphatic heterocycles. The van der Waals surface area contributed by atoms with Gasteiger partial charge in [-0.25, -0.2) is 8.42 Å². The first-order valence-corrected chi connectivity index (χ1v) is 9.71. The monoisotopic (exact) mass is 392 g/mol. The molecule has 0 atom stereocenters. The van der Waals surface area contributed by atoms with Gasteiger partial charge < -0.3 is 10.1 Å². The molecule has 10 heteroatoms. The third kappa shape index (κ3) is 3.80. The van der Waals surface area contributed by atoms with Crippen molar-refractivity contribution in [1.29, 1.82) is 0 Å². The van der Waals surface area contributed by atoms with E-state index in [9.17, 15) is 26.4 Å². The normalized spacial score (nSPS) is 21.4. The van der Waals surface area contributed by atoms with E-state index < -0.39 is 27.6 Å². The number of sulfonamides is 1. The highest BCUT2D eigenvalue weighted by molar-refractivity contribution is 7.89. The van der Waals surface area contributed by atoms with Crippen LogP contribution in [-0.4, -0.2) is 44.6 Å². The van der Waals surface area contributed by atoms with Crippen molar-refractivity contribution in [1.82, 2.24) is 9.62 Å². The van der Waals surface area contributed by atoms with Gasteiger partial charge in [0.25, 0.3) is 0 Å². The largest absolute Gasteiger partial charge is 0.573 e. The maximum Gasteiger partial charge on any atom is 0.573 e. The molecule has 1 N–H and O–H groups in total. The minimum absolute atomic E-state index is 0.0404. The first-order chi connectivity index (χ1) is 12.1. The Morgan fingerprint density at radius 1 is 1.15 bits per heavy atom. The van der Waals surface area contributed by atoms with Gasteiger partial charge in [-0.05, 0) is 37.8 Å². The van der Waals surface area contributed by atoms with Gasteiger partial charge in [0, 0.05) is 25.7 Å². The van der Waals surface area contributed by atoms with Crippen molar-refractivity contribution in [2.24, 2.45) is 5.41 Å². The fourth-order valence-electron chi connectivity index (χ4n) is 3.54. The Morgan fingerprint density at radius 3 is 2.46 bits per heavy atom. The minimum Gasteiger partial charge on any atom is -0.406 e. The zero-order chi connectivity index (χ0) is 19.0. The molecule has 2 heterocycles. The van der Waals surface area contributed by atoms with Crippen LogP contribution in [0.3, 0.4) is 0 Å². The molecule has 2 aliphatic rings. The van der Waals surface area contributed by atoms with Crippen molar-refractivity contribution in [3.05, 3.63) is 24.3 Å². The summed E-state index contributed by atoms with van der Waals surface area (Å²) in [5, 5.41) is 2.83. The van der Waals surface area contributed by atoms with Crippen molar-refractivity contribution >= 4 is 15.9 Å². The highest BCUT2D eigenvalue weighted by Gasteiger charge is 2.44. The Morgan fingerprint density at radius 2 is 1.85 bits per heavy atom. The Balaban J connectivity index is 1.75. The predicted octanol–water partition coefficient (Wildman–Crippen LogP) is 2.27. The number of hydrogen-bond acceptors (Lipinski definition) is 4. The van der Waals surface area contributed by atoms with Crippen molar-refractivity contribution in [2.75, 3.05) is 19.6 Å². The first-order valence-electron chi connectivity index (χ1n) is 8.27. The summed E-state index contributed by atoms with van der Waals surface area (Å²) in [5.41, 5.74) is -0.536. The van der Waals surface area contributed by atoms with Crippen LogP contribution in [0.4, 0.5) is 13.2 Å². The van der Waals surface area contributed by atoms with Crippen molar-refractivity contribution < 1.29 is 31.1 Å². The second-order valence-electron chi connectivity index (χ2n) is 6.57. The molecule has 1 spiro atoms. The molecule has 3 rings (SSSR count). The molecule has 1 aromatic carbocycles. The summed E-state index contributed by atoms with van der Waals surface area (Å²) in [7, 11) is -3.96. The van der Waals surface area contributed by atoms with Crippen LogP contribution in [0.1, 0.15) is 25.7 Å². The molecule has 0 bridgehead atoms. The summed E-state index contributed by atoms with van der Waals surface area (Å²) in [6.07, 6.45) is -2.52. The molecule has 0 saturated carbocycles. The van der Waals surface area contributed by atoms with Crippen LogP contribution >= 0.6 is 0 Å². The molecule has 1 aromatic rings. The SMILES string of the molecule is O=C1NCCCC12CCN(S(=O)(=O)c1cccc(OC(F)(F)F)c1)CC2.